The highest BCUT2D eigenvalue weighted by Crippen LogP contribution is 2.19. The van der Waals surface area contributed by atoms with Gasteiger partial charge in [-0.2, -0.15) is 0 Å². The van der Waals surface area contributed by atoms with Crippen LogP contribution in [0.1, 0.15) is 40.5 Å². The van der Waals surface area contributed by atoms with Crippen molar-refractivity contribution < 1.29 is 4.79 Å². The molecule has 0 radical (unpaired) electrons. The maximum Gasteiger partial charge on any atom is 0.237 e. The zero-order valence-corrected chi connectivity index (χ0v) is 8.98. The average Bonchev–Trinajstić information content (AvgIpc) is 2.67. The highest BCUT2D eigenvalue weighted by molar-refractivity contribution is 5.82. The Kier molecular flexibility index (Phi) is 2.96. The summed E-state index contributed by atoms with van der Waals surface area (Å²) in [7, 11) is 0. The van der Waals surface area contributed by atoms with Crippen molar-refractivity contribution in [2.45, 2.75) is 58.2 Å². The van der Waals surface area contributed by atoms with Crippen molar-refractivity contribution in [2.24, 2.45) is 0 Å². The van der Waals surface area contributed by atoms with E-state index in [1.807, 2.05) is 27.7 Å². The van der Waals surface area contributed by atoms with Crippen LogP contribution in [0.25, 0.3) is 0 Å². The van der Waals surface area contributed by atoms with Gasteiger partial charge >= 0.3 is 0 Å². The summed E-state index contributed by atoms with van der Waals surface area (Å²) < 4.78 is 0. The van der Waals surface area contributed by atoms with Gasteiger partial charge in [0.2, 0.25) is 5.91 Å². The minimum atomic E-state index is -0.128. The molecule has 13 heavy (non-hydrogen) atoms. The van der Waals surface area contributed by atoms with Crippen LogP contribution >= 0.6 is 0 Å². The predicted molar refractivity (Wildman–Crippen MR) is 53.5 cm³/mol. The Balaban J connectivity index is 2.28. The molecular weight excluding hydrogens is 164 g/mol. The van der Waals surface area contributed by atoms with Crippen molar-refractivity contribution in [2.75, 3.05) is 0 Å². The molecule has 0 aromatic carbocycles. The first-order valence-corrected chi connectivity index (χ1v) is 4.96. The highest BCUT2D eigenvalue weighted by atomic mass is 16.2. The van der Waals surface area contributed by atoms with Crippen LogP contribution in [-0.4, -0.2) is 23.5 Å². The predicted octanol–water partition coefficient (Wildman–Crippen LogP) is 1.04. The minimum absolute atomic E-state index is 0.0632. The molecule has 76 valence electrons. The molecule has 3 heteroatoms. The van der Waals surface area contributed by atoms with Crippen molar-refractivity contribution in [3.05, 3.63) is 0 Å². The third-order valence-electron chi connectivity index (χ3n) is 1.95. The first kappa shape index (κ1) is 10.5. The molecule has 0 heterocycles. The lowest BCUT2D eigenvalue weighted by molar-refractivity contribution is -0.124. The third-order valence-corrected chi connectivity index (χ3v) is 1.95. The molecule has 1 aliphatic carbocycles. The molecule has 1 aliphatic rings. The fourth-order valence-corrected chi connectivity index (χ4v) is 1.16. The normalized spacial score (nSPS) is 19.7. The van der Waals surface area contributed by atoms with Crippen molar-refractivity contribution in [3.8, 4) is 0 Å². The fourth-order valence-electron chi connectivity index (χ4n) is 1.16. The monoisotopic (exact) mass is 184 g/mol. The lowest BCUT2D eigenvalue weighted by atomic mass is 10.1. The Hall–Kier alpha value is -0.570. The molecule has 0 aliphatic heterocycles. The van der Waals surface area contributed by atoms with E-state index in [-0.39, 0.29) is 17.5 Å². The van der Waals surface area contributed by atoms with Gasteiger partial charge in [0, 0.05) is 11.6 Å². The Morgan fingerprint density at radius 2 is 1.92 bits per heavy atom. The zero-order valence-electron chi connectivity index (χ0n) is 8.98. The van der Waals surface area contributed by atoms with Crippen LogP contribution in [0.5, 0.6) is 0 Å². The molecule has 1 atom stereocenters. The second kappa shape index (κ2) is 3.66. The summed E-state index contributed by atoms with van der Waals surface area (Å²) in [6.45, 7) is 7.90. The van der Waals surface area contributed by atoms with Gasteiger partial charge in [-0.25, -0.2) is 0 Å². The van der Waals surface area contributed by atoms with Gasteiger partial charge < -0.3 is 10.6 Å². The van der Waals surface area contributed by atoms with E-state index in [0.717, 1.165) is 0 Å². The van der Waals surface area contributed by atoms with E-state index in [0.29, 0.717) is 6.04 Å². The lowest BCUT2D eigenvalue weighted by Crippen LogP contribution is -2.50. The summed E-state index contributed by atoms with van der Waals surface area (Å²) in [5.41, 5.74) is -0.128. The van der Waals surface area contributed by atoms with Gasteiger partial charge in [-0.3, -0.25) is 4.79 Å². The number of hydrogen-bond donors (Lipinski definition) is 2. The van der Waals surface area contributed by atoms with Crippen LogP contribution in [0.15, 0.2) is 0 Å². The fraction of sp³-hybridized carbons (Fsp3) is 0.900. The molecule has 1 saturated carbocycles. The second-order valence-electron chi connectivity index (χ2n) is 4.90. The summed E-state index contributed by atoms with van der Waals surface area (Å²) in [4.78, 5) is 11.5. The smallest absolute Gasteiger partial charge is 0.237 e. The molecule has 0 aromatic rings. The summed E-state index contributed by atoms with van der Waals surface area (Å²) >= 11 is 0. The maximum atomic E-state index is 11.5. The summed E-state index contributed by atoms with van der Waals surface area (Å²) in [6.07, 6.45) is 2.43. The Morgan fingerprint density at radius 3 is 2.31 bits per heavy atom. The largest absolute Gasteiger partial charge is 0.350 e. The van der Waals surface area contributed by atoms with Gasteiger partial charge in [-0.1, -0.05) is 0 Å². The molecule has 2 N–H and O–H groups in total. The number of amides is 1. The SMILES string of the molecule is C[C@@H](NC1CC1)C(=O)NC(C)(C)C. The molecule has 0 spiro atoms. The van der Waals surface area contributed by atoms with Gasteiger partial charge in [0.25, 0.3) is 0 Å². The number of hydrogen-bond acceptors (Lipinski definition) is 2. The molecular formula is C10H20N2O. The Bertz CT molecular complexity index is 192. The maximum absolute atomic E-state index is 11.5. The Labute approximate surface area is 80.3 Å². The molecule has 0 saturated heterocycles. The summed E-state index contributed by atoms with van der Waals surface area (Å²) in [5, 5.41) is 6.21. The van der Waals surface area contributed by atoms with Crippen LogP contribution in [-0.2, 0) is 4.79 Å². The average molecular weight is 184 g/mol. The Morgan fingerprint density at radius 1 is 1.38 bits per heavy atom. The van der Waals surface area contributed by atoms with Crippen molar-refractivity contribution in [1.82, 2.24) is 10.6 Å². The number of carbonyl (C=O) groups is 1. The number of nitrogens with one attached hydrogen (secondary N) is 2. The molecule has 1 rings (SSSR count). The topological polar surface area (TPSA) is 41.1 Å². The first-order chi connectivity index (χ1) is 5.88. The van der Waals surface area contributed by atoms with Crippen LogP contribution < -0.4 is 10.6 Å². The molecule has 0 unspecified atom stereocenters. The highest BCUT2D eigenvalue weighted by Gasteiger charge is 2.26. The van der Waals surface area contributed by atoms with E-state index in [9.17, 15) is 4.79 Å². The van der Waals surface area contributed by atoms with E-state index in [1.54, 1.807) is 0 Å². The lowest BCUT2D eigenvalue weighted by Gasteiger charge is -2.23. The van der Waals surface area contributed by atoms with Gasteiger partial charge in [0.1, 0.15) is 0 Å². The van der Waals surface area contributed by atoms with Gasteiger partial charge in [-0.05, 0) is 40.5 Å². The van der Waals surface area contributed by atoms with E-state index in [2.05, 4.69) is 10.6 Å². The summed E-state index contributed by atoms with van der Waals surface area (Å²) in [6, 6.07) is 0.521. The number of rotatable bonds is 3. The number of carbonyl (C=O) groups excluding carboxylic acids is 1. The van der Waals surface area contributed by atoms with Crippen LogP contribution in [0, 0.1) is 0 Å². The van der Waals surface area contributed by atoms with Crippen molar-refractivity contribution in [1.29, 1.82) is 0 Å². The van der Waals surface area contributed by atoms with Crippen LogP contribution in [0.3, 0.4) is 0 Å². The zero-order chi connectivity index (χ0) is 10.1. The first-order valence-electron chi connectivity index (χ1n) is 4.96. The van der Waals surface area contributed by atoms with Crippen LogP contribution in [0.2, 0.25) is 0 Å². The standard InChI is InChI=1S/C10H20N2O/c1-7(11-8-5-6-8)9(13)12-10(2,3)4/h7-8,11H,5-6H2,1-4H3,(H,12,13)/t7-/m1/s1. The third kappa shape index (κ3) is 4.27. The van der Waals surface area contributed by atoms with Gasteiger partial charge in [-0.15, -0.1) is 0 Å². The quantitative estimate of drug-likeness (QED) is 0.688. The molecule has 1 fully saturated rings. The summed E-state index contributed by atoms with van der Waals surface area (Å²) in [5.74, 6) is 0.0967. The van der Waals surface area contributed by atoms with Crippen molar-refractivity contribution >= 4 is 5.91 Å². The van der Waals surface area contributed by atoms with Crippen molar-refractivity contribution in [3.63, 3.8) is 0 Å². The van der Waals surface area contributed by atoms with E-state index in [1.165, 1.54) is 12.8 Å². The van der Waals surface area contributed by atoms with Crippen LogP contribution in [0.4, 0.5) is 0 Å². The molecule has 0 aromatic heterocycles. The second-order valence-corrected chi connectivity index (χ2v) is 4.90. The van der Waals surface area contributed by atoms with Gasteiger partial charge in [0.15, 0.2) is 0 Å². The minimum Gasteiger partial charge on any atom is -0.350 e. The molecule has 0 bridgehead atoms. The van der Waals surface area contributed by atoms with E-state index < -0.39 is 0 Å². The molecule has 1 amide bonds. The molecule has 3 nitrogen and oxygen atoms in total. The van der Waals surface area contributed by atoms with E-state index in [4.69, 9.17) is 0 Å². The van der Waals surface area contributed by atoms with E-state index >= 15 is 0 Å². The van der Waals surface area contributed by atoms with Gasteiger partial charge in [0.05, 0.1) is 6.04 Å².